The topological polar surface area (TPSA) is 102 Å². The molecule has 0 bridgehead atoms. The van der Waals surface area contributed by atoms with Gasteiger partial charge in [-0.1, -0.05) is 0 Å². The molecule has 1 aliphatic rings. The van der Waals surface area contributed by atoms with Crippen LogP contribution in [0.4, 0.5) is 11.4 Å². The minimum absolute atomic E-state index is 0.0104. The van der Waals surface area contributed by atoms with Gasteiger partial charge in [0.25, 0.3) is 10.0 Å². The average molecular weight is 441 g/mol. The van der Waals surface area contributed by atoms with Crippen molar-refractivity contribution in [2.75, 3.05) is 35.5 Å². The van der Waals surface area contributed by atoms with Gasteiger partial charge in [-0.15, -0.1) is 0 Å². The number of sulfonamides is 2. The molecule has 1 N–H and O–H groups in total. The van der Waals surface area contributed by atoms with E-state index in [0.717, 1.165) is 5.56 Å². The van der Waals surface area contributed by atoms with E-state index in [1.807, 2.05) is 0 Å². The van der Waals surface area contributed by atoms with Crippen LogP contribution in [-0.4, -0.2) is 43.4 Å². The molecule has 1 heterocycles. The van der Waals surface area contributed by atoms with E-state index in [2.05, 4.69) is 4.72 Å². The predicted octanol–water partition coefficient (Wildman–Crippen LogP) is 2.61. The van der Waals surface area contributed by atoms with Gasteiger partial charge in [0, 0.05) is 18.3 Å². The summed E-state index contributed by atoms with van der Waals surface area (Å²) in [4.78, 5) is -0.0488. The zero-order valence-corrected chi connectivity index (χ0v) is 18.1. The average Bonchev–Trinajstić information content (AvgIpc) is 2.72. The van der Waals surface area contributed by atoms with Crippen molar-refractivity contribution in [3.63, 3.8) is 0 Å². The molecule has 10 heteroatoms. The number of nitrogens with zero attached hydrogens (tertiary/aromatic N) is 1. The largest absolute Gasteiger partial charge is 0.497 e. The van der Waals surface area contributed by atoms with E-state index < -0.39 is 20.0 Å². The Kier molecular flexibility index (Phi) is 5.95. The maximum Gasteiger partial charge on any atom is 0.265 e. The third-order valence-electron chi connectivity index (χ3n) is 4.77. The first kappa shape index (κ1) is 21.3. The van der Waals surface area contributed by atoms with Gasteiger partial charge in [-0.2, -0.15) is 0 Å². The van der Waals surface area contributed by atoms with E-state index in [9.17, 15) is 16.8 Å². The Morgan fingerprint density at radius 2 is 1.79 bits per heavy atom. The maximum atomic E-state index is 12.9. The molecule has 2 aromatic rings. The number of methoxy groups -OCH3 is 2. The third kappa shape index (κ3) is 4.27. The smallest absolute Gasteiger partial charge is 0.265 e. The molecule has 0 atom stereocenters. The Balaban J connectivity index is 1.96. The summed E-state index contributed by atoms with van der Waals surface area (Å²) in [7, 11) is -4.49. The summed E-state index contributed by atoms with van der Waals surface area (Å²) in [6.07, 6.45) is 1.34. The molecule has 0 spiro atoms. The molecular formula is C19H24N2O6S2. The molecule has 3 rings (SSSR count). The summed E-state index contributed by atoms with van der Waals surface area (Å²) >= 11 is 0. The first-order chi connectivity index (χ1) is 13.7. The fourth-order valence-electron chi connectivity index (χ4n) is 3.28. The highest BCUT2D eigenvalue weighted by Gasteiger charge is 2.27. The maximum absolute atomic E-state index is 12.9. The highest BCUT2D eigenvalue weighted by Crippen LogP contribution is 2.34. The first-order valence-electron chi connectivity index (χ1n) is 9.10. The lowest BCUT2D eigenvalue weighted by Gasteiger charge is -2.30. The lowest BCUT2D eigenvalue weighted by molar-refractivity contribution is 0.392. The molecule has 158 valence electrons. The molecule has 0 fully saturated rings. The minimum atomic E-state index is -3.95. The lowest BCUT2D eigenvalue weighted by atomic mass is 10.0. The summed E-state index contributed by atoms with van der Waals surface area (Å²) in [5.74, 6) is 0.588. The van der Waals surface area contributed by atoms with Crippen LogP contribution >= 0.6 is 0 Å². The summed E-state index contributed by atoms with van der Waals surface area (Å²) in [5, 5.41) is 0. The molecule has 0 radical (unpaired) electrons. The Morgan fingerprint density at radius 1 is 1.03 bits per heavy atom. The number of benzene rings is 2. The number of rotatable bonds is 7. The van der Waals surface area contributed by atoms with Crippen molar-refractivity contribution in [1.29, 1.82) is 0 Å². The van der Waals surface area contributed by atoms with Crippen molar-refractivity contribution in [3.8, 4) is 11.5 Å². The number of ether oxygens (including phenoxy) is 2. The highest BCUT2D eigenvalue weighted by molar-refractivity contribution is 7.93. The van der Waals surface area contributed by atoms with E-state index in [1.165, 1.54) is 30.7 Å². The predicted molar refractivity (Wildman–Crippen MR) is 112 cm³/mol. The van der Waals surface area contributed by atoms with Gasteiger partial charge in [0.05, 0.1) is 25.7 Å². The van der Waals surface area contributed by atoms with Crippen molar-refractivity contribution >= 4 is 31.4 Å². The summed E-state index contributed by atoms with van der Waals surface area (Å²) < 4.78 is 64.8. The molecule has 0 saturated carbocycles. The minimum Gasteiger partial charge on any atom is -0.497 e. The Morgan fingerprint density at radius 3 is 2.45 bits per heavy atom. The van der Waals surface area contributed by atoms with Crippen LogP contribution in [0.15, 0.2) is 41.3 Å². The second-order valence-electron chi connectivity index (χ2n) is 6.54. The molecular weight excluding hydrogens is 416 g/mol. The fraction of sp³-hybridized carbons (Fsp3) is 0.368. The van der Waals surface area contributed by atoms with E-state index in [-0.39, 0.29) is 16.4 Å². The monoisotopic (exact) mass is 440 g/mol. The van der Waals surface area contributed by atoms with Gasteiger partial charge < -0.3 is 9.47 Å². The zero-order valence-electron chi connectivity index (χ0n) is 16.5. The molecule has 0 amide bonds. The van der Waals surface area contributed by atoms with E-state index in [1.54, 1.807) is 31.2 Å². The van der Waals surface area contributed by atoms with Gasteiger partial charge in [0.2, 0.25) is 10.0 Å². The first-order valence-corrected chi connectivity index (χ1v) is 12.2. The third-order valence-corrected chi connectivity index (χ3v) is 7.95. The van der Waals surface area contributed by atoms with Gasteiger partial charge in [-0.25, -0.2) is 16.8 Å². The number of anilines is 2. The molecule has 0 aromatic heterocycles. The van der Waals surface area contributed by atoms with Crippen molar-refractivity contribution in [2.24, 2.45) is 0 Å². The number of fused-ring (bicyclic) bond motifs is 1. The van der Waals surface area contributed by atoms with E-state index in [4.69, 9.17) is 9.47 Å². The molecule has 1 aliphatic heterocycles. The molecule has 8 nitrogen and oxygen atoms in total. The van der Waals surface area contributed by atoms with E-state index >= 15 is 0 Å². The van der Waals surface area contributed by atoms with Crippen molar-refractivity contribution in [2.45, 2.75) is 24.7 Å². The number of hydrogen-bond donors (Lipinski definition) is 1. The van der Waals surface area contributed by atoms with Crippen LogP contribution < -0.4 is 18.5 Å². The van der Waals surface area contributed by atoms with Gasteiger partial charge in [-0.05, 0) is 55.7 Å². The highest BCUT2D eigenvalue weighted by atomic mass is 32.2. The number of nitrogens with one attached hydrogen (secondary N) is 1. The Bertz CT molecular complexity index is 1110. The van der Waals surface area contributed by atoms with Gasteiger partial charge in [-0.3, -0.25) is 9.03 Å². The molecule has 2 aromatic carbocycles. The second kappa shape index (κ2) is 8.11. The van der Waals surface area contributed by atoms with Crippen LogP contribution in [0, 0.1) is 0 Å². The summed E-state index contributed by atoms with van der Waals surface area (Å²) in [6.45, 7) is 2.03. The summed E-state index contributed by atoms with van der Waals surface area (Å²) in [6, 6.07) is 9.40. The van der Waals surface area contributed by atoms with Gasteiger partial charge >= 0.3 is 0 Å². The fourth-order valence-corrected chi connectivity index (χ4v) is 5.71. The van der Waals surface area contributed by atoms with Crippen LogP contribution in [0.5, 0.6) is 11.5 Å². The summed E-state index contributed by atoms with van der Waals surface area (Å²) in [5.41, 5.74) is 1.73. The quantitative estimate of drug-likeness (QED) is 0.710. The van der Waals surface area contributed by atoms with Crippen LogP contribution in [-0.2, 0) is 26.5 Å². The van der Waals surface area contributed by atoms with E-state index in [0.29, 0.717) is 36.5 Å². The van der Waals surface area contributed by atoms with Gasteiger partial charge in [0.1, 0.15) is 16.4 Å². The van der Waals surface area contributed by atoms with Crippen molar-refractivity contribution in [1.82, 2.24) is 0 Å². The van der Waals surface area contributed by atoms with Crippen molar-refractivity contribution < 1.29 is 26.3 Å². The van der Waals surface area contributed by atoms with Gasteiger partial charge in [0.15, 0.2) is 0 Å². The normalized spacial score (nSPS) is 14.2. The van der Waals surface area contributed by atoms with Crippen LogP contribution in [0.1, 0.15) is 18.9 Å². The number of aryl methyl sites for hydroxylation is 1. The molecule has 29 heavy (non-hydrogen) atoms. The standard InChI is InChI=1S/C19H24N2O6S2/c1-4-28(22,23)21-11-5-6-14-12-15(7-9-17(14)21)20-29(24,25)19-13-16(26-2)8-10-18(19)27-3/h7-10,12-13,20H,4-6,11H2,1-3H3. The van der Waals surface area contributed by atoms with Crippen molar-refractivity contribution in [3.05, 3.63) is 42.0 Å². The second-order valence-corrected chi connectivity index (χ2v) is 10.4. The Labute approximate surface area is 171 Å². The SMILES string of the molecule is CCS(=O)(=O)N1CCCc2cc(NS(=O)(=O)c3cc(OC)ccc3OC)ccc21. The zero-order chi connectivity index (χ0) is 21.2. The van der Waals surface area contributed by atoms with Crippen LogP contribution in [0.2, 0.25) is 0 Å². The molecule has 0 unspecified atom stereocenters. The van der Waals surface area contributed by atoms with Crippen LogP contribution in [0.25, 0.3) is 0 Å². The molecule has 0 aliphatic carbocycles. The number of hydrogen-bond acceptors (Lipinski definition) is 6. The Hall–Kier alpha value is -2.46. The molecule has 0 saturated heterocycles. The van der Waals surface area contributed by atoms with Crippen LogP contribution in [0.3, 0.4) is 0 Å². The lowest BCUT2D eigenvalue weighted by Crippen LogP contribution is -2.36.